The summed E-state index contributed by atoms with van der Waals surface area (Å²) in [5.41, 5.74) is 6.06. The van der Waals surface area contributed by atoms with Crippen molar-refractivity contribution >= 4 is 44.9 Å². The van der Waals surface area contributed by atoms with Crippen LogP contribution in [0, 0.1) is 6.92 Å². The number of para-hydroxylation sites is 1. The SMILES string of the molecule is C=CCn1c(SC(C)C(=O)Nc2c(CC)cccc2CC)nc2scc(-c3ccc(C)cc3)c2c1=O. The molecule has 4 aromatic rings. The summed E-state index contributed by atoms with van der Waals surface area (Å²) in [5, 5.41) is 5.81. The predicted octanol–water partition coefficient (Wildman–Crippen LogP) is 6.86. The van der Waals surface area contributed by atoms with Crippen molar-refractivity contribution in [3.05, 3.63) is 87.5 Å². The lowest BCUT2D eigenvalue weighted by molar-refractivity contribution is -0.115. The van der Waals surface area contributed by atoms with E-state index >= 15 is 0 Å². The van der Waals surface area contributed by atoms with Gasteiger partial charge in [-0.1, -0.05) is 79.7 Å². The molecule has 0 fully saturated rings. The molecule has 5 nitrogen and oxygen atoms in total. The summed E-state index contributed by atoms with van der Waals surface area (Å²) in [7, 11) is 0. The fourth-order valence-corrected chi connectivity index (χ4v) is 6.08. The van der Waals surface area contributed by atoms with Crippen LogP contribution in [0.4, 0.5) is 5.69 Å². The highest BCUT2D eigenvalue weighted by atomic mass is 32.2. The molecule has 0 saturated carbocycles. The number of thioether (sulfide) groups is 1. The van der Waals surface area contributed by atoms with Crippen LogP contribution in [-0.4, -0.2) is 20.7 Å². The second kappa shape index (κ2) is 11.3. The Balaban J connectivity index is 1.68. The summed E-state index contributed by atoms with van der Waals surface area (Å²) in [5.74, 6) is -0.110. The molecule has 36 heavy (non-hydrogen) atoms. The third-order valence-electron chi connectivity index (χ3n) is 6.23. The first-order valence-corrected chi connectivity index (χ1v) is 13.9. The Kier molecular flexibility index (Phi) is 8.11. The van der Waals surface area contributed by atoms with E-state index in [-0.39, 0.29) is 11.5 Å². The average molecular weight is 518 g/mol. The van der Waals surface area contributed by atoms with Gasteiger partial charge < -0.3 is 5.32 Å². The monoisotopic (exact) mass is 517 g/mol. The molecule has 0 saturated heterocycles. The van der Waals surface area contributed by atoms with E-state index in [2.05, 4.69) is 25.7 Å². The van der Waals surface area contributed by atoms with Gasteiger partial charge in [-0.2, -0.15) is 0 Å². The number of anilines is 1. The lowest BCUT2D eigenvalue weighted by atomic mass is 10.0. The molecule has 0 aliphatic rings. The summed E-state index contributed by atoms with van der Waals surface area (Å²) in [6.45, 7) is 12.2. The van der Waals surface area contributed by atoms with E-state index in [1.165, 1.54) is 28.7 Å². The number of carbonyl (C=O) groups is 1. The summed E-state index contributed by atoms with van der Waals surface area (Å²) < 4.78 is 1.62. The van der Waals surface area contributed by atoms with E-state index in [1.807, 2.05) is 61.7 Å². The summed E-state index contributed by atoms with van der Waals surface area (Å²) in [6, 6.07) is 14.3. The zero-order chi connectivity index (χ0) is 25.8. The summed E-state index contributed by atoms with van der Waals surface area (Å²) >= 11 is 2.75. The molecule has 1 N–H and O–H groups in total. The van der Waals surface area contributed by atoms with E-state index < -0.39 is 5.25 Å². The van der Waals surface area contributed by atoms with Gasteiger partial charge in [0.1, 0.15) is 4.83 Å². The highest BCUT2D eigenvalue weighted by Gasteiger charge is 2.22. The Labute approximate surface area is 220 Å². The van der Waals surface area contributed by atoms with E-state index in [1.54, 1.807) is 10.6 Å². The highest BCUT2D eigenvalue weighted by molar-refractivity contribution is 8.00. The molecule has 1 amide bonds. The molecule has 0 radical (unpaired) electrons. The maximum atomic E-state index is 13.6. The van der Waals surface area contributed by atoms with Crippen LogP contribution in [0.3, 0.4) is 0 Å². The number of carbonyl (C=O) groups excluding carboxylic acids is 1. The number of aromatic nitrogens is 2. The summed E-state index contributed by atoms with van der Waals surface area (Å²) in [4.78, 5) is 32.4. The van der Waals surface area contributed by atoms with Crippen LogP contribution in [0.15, 0.2) is 70.5 Å². The first kappa shape index (κ1) is 25.9. The first-order valence-electron chi connectivity index (χ1n) is 12.2. The molecule has 0 spiro atoms. The van der Waals surface area contributed by atoms with Crippen molar-refractivity contribution in [2.45, 2.75) is 57.5 Å². The number of benzene rings is 2. The van der Waals surface area contributed by atoms with Gasteiger partial charge in [0.2, 0.25) is 5.91 Å². The van der Waals surface area contributed by atoms with Crippen molar-refractivity contribution in [3.8, 4) is 11.1 Å². The fourth-order valence-electron chi connectivity index (χ4n) is 4.17. The largest absolute Gasteiger partial charge is 0.325 e. The molecule has 1 atom stereocenters. The molecule has 2 heterocycles. The maximum Gasteiger partial charge on any atom is 0.263 e. The minimum absolute atomic E-state index is 0.110. The van der Waals surface area contributed by atoms with Gasteiger partial charge >= 0.3 is 0 Å². The molecule has 186 valence electrons. The van der Waals surface area contributed by atoms with Crippen molar-refractivity contribution in [3.63, 3.8) is 0 Å². The maximum absolute atomic E-state index is 13.6. The molecule has 0 bridgehead atoms. The van der Waals surface area contributed by atoms with Gasteiger partial charge in [-0.3, -0.25) is 14.2 Å². The second-order valence-electron chi connectivity index (χ2n) is 8.70. The second-order valence-corrected chi connectivity index (χ2v) is 10.9. The van der Waals surface area contributed by atoms with Gasteiger partial charge in [-0.05, 0) is 43.4 Å². The molecular weight excluding hydrogens is 486 g/mol. The molecule has 2 aromatic carbocycles. The molecule has 0 aliphatic heterocycles. The Morgan fingerprint density at radius 3 is 2.44 bits per heavy atom. The summed E-state index contributed by atoms with van der Waals surface area (Å²) in [6.07, 6.45) is 3.36. The van der Waals surface area contributed by atoms with Gasteiger partial charge in [-0.25, -0.2) is 4.98 Å². The van der Waals surface area contributed by atoms with Crippen LogP contribution in [0.5, 0.6) is 0 Å². The van der Waals surface area contributed by atoms with E-state index in [0.717, 1.165) is 40.8 Å². The number of aryl methyl sites for hydroxylation is 3. The van der Waals surface area contributed by atoms with Crippen molar-refractivity contribution in [2.24, 2.45) is 0 Å². The number of fused-ring (bicyclic) bond motifs is 1. The van der Waals surface area contributed by atoms with Gasteiger partial charge in [-0.15, -0.1) is 17.9 Å². The Morgan fingerprint density at radius 1 is 1.17 bits per heavy atom. The van der Waals surface area contributed by atoms with Crippen LogP contribution in [0.1, 0.15) is 37.5 Å². The van der Waals surface area contributed by atoms with E-state index in [4.69, 9.17) is 4.98 Å². The lowest BCUT2D eigenvalue weighted by Crippen LogP contribution is -2.27. The molecular formula is C29H31N3O2S2. The van der Waals surface area contributed by atoms with Crippen molar-refractivity contribution in [1.82, 2.24) is 9.55 Å². The molecule has 7 heteroatoms. The fraction of sp³-hybridized carbons (Fsp3) is 0.276. The van der Waals surface area contributed by atoms with Crippen LogP contribution < -0.4 is 10.9 Å². The number of hydrogen-bond acceptors (Lipinski definition) is 5. The van der Waals surface area contributed by atoms with Crippen LogP contribution in [0.25, 0.3) is 21.3 Å². The number of rotatable bonds is 9. The minimum atomic E-state index is -0.448. The van der Waals surface area contributed by atoms with Gasteiger partial charge in [0, 0.05) is 23.2 Å². The zero-order valence-corrected chi connectivity index (χ0v) is 22.8. The highest BCUT2D eigenvalue weighted by Crippen LogP contribution is 2.33. The Hall–Kier alpha value is -3.16. The van der Waals surface area contributed by atoms with Crippen molar-refractivity contribution in [2.75, 3.05) is 5.32 Å². The standard InChI is InChI=1S/C29H31N3O2S2/c1-6-16-32-28(34)24-23(22-14-12-18(4)13-15-22)17-35-27(24)31-29(32)36-19(5)26(33)30-25-20(7-2)10-9-11-21(25)8-3/h6,9-15,17,19H,1,7-8,16H2,2-5H3,(H,30,33). The molecule has 2 aromatic heterocycles. The number of amides is 1. The zero-order valence-electron chi connectivity index (χ0n) is 21.1. The van der Waals surface area contributed by atoms with Crippen LogP contribution >= 0.6 is 23.1 Å². The average Bonchev–Trinajstić information content (AvgIpc) is 3.30. The van der Waals surface area contributed by atoms with Crippen molar-refractivity contribution < 1.29 is 4.79 Å². The molecule has 1 unspecified atom stereocenters. The predicted molar refractivity (Wildman–Crippen MR) is 153 cm³/mol. The van der Waals surface area contributed by atoms with Crippen molar-refractivity contribution in [1.29, 1.82) is 0 Å². The quantitative estimate of drug-likeness (QED) is 0.150. The Bertz CT molecular complexity index is 1450. The van der Waals surface area contributed by atoms with Gasteiger partial charge in [0.15, 0.2) is 5.16 Å². The number of hydrogen-bond donors (Lipinski definition) is 1. The smallest absolute Gasteiger partial charge is 0.263 e. The van der Waals surface area contributed by atoms with Crippen LogP contribution in [0.2, 0.25) is 0 Å². The minimum Gasteiger partial charge on any atom is -0.325 e. The third-order valence-corrected chi connectivity index (χ3v) is 8.19. The number of allylic oxidation sites excluding steroid dienone is 1. The third kappa shape index (κ3) is 5.18. The lowest BCUT2D eigenvalue weighted by Gasteiger charge is -2.18. The molecule has 0 aliphatic carbocycles. The first-order chi connectivity index (χ1) is 17.4. The van der Waals surface area contributed by atoms with Gasteiger partial charge in [0.25, 0.3) is 5.56 Å². The normalized spacial score (nSPS) is 12.0. The number of thiophene rings is 1. The van der Waals surface area contributed by atoms with Crippen LogP contribution in [-0.2, 0) is 24.2 Å². The number of nitrogens with zero attached hydrogens (tertiary/aromatic N) is 2. The van der Waals surface area contributed by atoms with Gasteiger partial charge in [0.05, 0.1) is 10.6 Å². The topological polar surface area (TPSA) is 64.0 Å². The number of nitrogens with one attached hydrogen (secondary N) is 1. The Morgan fingerprint density at radius 2 is 1.83 bits per heavy atom. The molecule has 4 rings (SSSR count). The van der Waals surface area contributed by atoms with E-state index in [9.17, 15) is 9.59 Å². The van der Waals surface area contributed by atoms with E-state index in [0.29, 0.717) is 21.9 Å².